The molecule has 10 rings (SSSR count). The first kappa shape index (κ1) is 59.0. The molecule has 0 spiro atoms. The first-order valence-corrected chi connectivity index (χ1v) is 30.3. The summed E-state index contributed by atoms with van der Waals surface area (Å²) in [6.07, 6.45) is -11.1. The Balaban J connectivity index is 0.829. The Morgan fingerprint density at radius 2 is 1.37 bits per heavy atom. The number of aliphatic hydroxyl groups excluding tert-OH is 3. The van der Waals surface area contributed by atoms with Gasteiger partial charge in [-0.3, -0.25) is 47.2 Å². The normalized spacial score (nSPS) is 30.5. The fourth-order valence-corrected chi connectivity index (χ4v) is 15.3. The van der Waals surface area contributed by atoms with Crippen LogP contribution in [0.2, 0.25) is 0 Å². The lowest BCUT2D eigenvalue weighted by Gasteiger charge is -2.35. The van der Waals surface area contributed by atoms with Crippen molar-refractivity contribution >= 4 is 82.3 Å². The lowest BCUT2D eigenvalue weighted by atomic mass is 9.94. The van der Waals surface area contributed by atoms with Crippen LogP contribution in [-0.2, 0) is 71.2 Å². The van der Waals surface area contributed by atoms with Crippen LogP contribution in [0.4, 0.5) is 17.7 Å². The fourth-order valence-electron chi connectivity index (χ4n) is 10.1. The third kappa shape index (κ3) is 12.0. The monoisotopic (exact) mass is 1230 g/mol. The second kappa shape index (κ2) is 22.8. The number of H-pyrrole nitrogens is 2. The molecule has 0 bridgehead atoms. The highest BCUT2D eigenvalue weighted by Gasteiger charge is 2.55. The Hall–Kier alpha value is -5.15. The van der Waals surface area contributed by atoms with E-state index >= 15 is 0 Å². The Labute approximate surface area is 452 Å². The zero-order valence-corrected chi connectivity index (χ0v) is 45.7. The number of nitrogen functional groups attached to an aromatic ring is 3. The predicted molar refractivity (Wildman–Crippen MR) is 265 cm³/mol. The molecule has 43 heteroatoms. The molecule has 39 nitrogen and oxygen atoms in total. The number of aromatic amines is 2. The zero-order valence-electron chi connectivity index (χ0n) is 42.2. The van der Waals surface area contributed by atoms with Crippen molar-refractivity contribution in [3.05, 3.63) is 46.0 Å². The summed E-state index contributed by atoms with van der Waals surface area (Å²) in [5.41, 5.74) is 13.8. The van der Waals surface area contributed by atoms with Crippen LogP contribution >= 0.6 is 31.1 Å². The molecule has 4 fully saturated rings. The summed E-state index contributed by atoms with van der Waals surface area (Å²) in [6.45, 7) is -0.895. The minimum absolute atomic E-state index is 0.0104. The summed E-state index contributed by atoms with van der Waals surface area (Å²) in [5, 5.41) is 33.7. The molecule has 0 amide bonds. The zero-order chi connectivity index (χ0) is 58.1. The summed E-state index contributed by atoms with van der Waals surface area (Å²) in [7, 11) is -21.0. The quantitative estimate of drug-likeness (QED) is 0.0240. The number of anilines is 3. The van der Waals surface area contributed by atoms with Crippen molar-refractivity contribution in [1.82, 2.24) is 58.5 Å². The maximum absolute atomic E-state index is 14.4. The highest BCUT2D eigenvalue weighted by molar-refractivity contribution is 7.66. The van der Waals surface area contributed by atoms with E-state index in [4.69, 9.17) is 54.5 Å². The number of ether oxygens (including phenoxy) is 5. The number of nitrogens with one attached hydrogen (secondary N) is 2. The van der Waals surface area contributed by atoms with Crippen molar-refractivity contribution in [3.63, 3.8) is 0 Å². The number of nitrogens with two attached hydrogens (primary N) is 3. The highest BCUT2D eigenvalue weighted by atomic mass is 31.3. The van der Waals surface area contributed by atoms with E-state index in [0.717, 1.165) is 30.7 Å². The number of hydrogen-bond acceptors (Lipinski definition) is 30. The first-order valence-electron chi connectivity index (χ1n) is 24.2. The van der Waals surface area contributed by atoms with E-state index in [0.29, 0.717) is 32.8 Å². The Morgan fingerprint density at radius 1 is 0.753 bits per heavy atom. The van der Waals surface area contributed by atoms with E-state index in [1.165, 1.54) is 27.1 Å². The van der Waals surface area contributed by atoms with Crippen LogP contribution in [0.25, 0.3) is 33.5 Å². The van der Waals surface area contributed by atoms with Crippen molar-refractivity contribution in [2.45, 2.75) is 73.5 Å². The van der Waals surface area contributed by atoms with Gasteiger partial charge >= 0.3 is 29.1 Å². The molecule has 0 saturated carbocycles. The number of morpholine rings is 1. The average molecular weight is 1230 g/mol. The standard InChI is InChI=1S/C38H54N16O23P4/c1-50-15-54(31-22(50)33(59)49-38(41)47-31)34-23(55)16(3-4-51-5-7-69-8-6-51)17(73-34)9-71-79(62,63)76-81(66,67)77-80(64,65)72-11-19-27(26(68-2)36(75-19)52-13-44-20-28(39)42-12-43-29(20)52)78(60,61)70-10-18-24(56)25(57)35(74-18)53-14-45-21-30(53)46-37(40)48-32(21)58/h12-19,23-27,34-36,55-57H,3-11H2,1-2H3,(H11-,39,40,41,42,43,46,47,48,49,58,59,60,61,62,63,64,65,66,67)/t16-,17-,18-,19-,23-,24-,25-,26-,27-,34-,35-,36-/m1/s1. The van der Waals surface area contributed by atoms with E-state index in [1.807, 2.05) is 4.90 Å². The number of aromatic nitrogens is 12. The van der Waals surface area contributed by atoms with Crippen molar-refractivity contribution in [1.29, 1.82) is 0 Å². The number of rotatable bonds is 21. The smallest absolute Gasteiger partial charge is 0.490 e. The number of imidazole rings is 3. The second-order valence-electron chi connectivity index (χ2n) is 18.9. The van der Waals surface area contributed by atoms with E-state index in [9.17, 15) is 62.7 Å². The maximum atomic E-state index is 14.4. The van der Waals surface area contributed by atoms with E-state index in [-0.39, 0.29) is 57.6 Å². The van der Waals surface area contributed by atoms with E-state index in [1.54, 1.807) is 0 Å². The molecule has 6 aromatic heterocycles. The van der Waals surface area contributed by atoms with Crippen molar-refractivity contribution in [2.24, 2.45) is 13.0 Å². The lowest BCUT2D eigenvalue weighted by molar-refractivity contribution is -0.745. The molecule has 0 aliphatic carbocycles. The molecule has 4 aliphatic rings. The number of phosphoric ester groups is 2. The minimum atomic E-state index is -6.22. The van der Waals surface area contributed by atoms with Gasteiger partial charge in [0.15, 0.2) is 41.4 Å². The number of methoxy groups -OCH3 is 1. The van der Waals surface area contributed by atoms with Gasteiger partial charge in [-0.25, -0.2) is 38.2 Å². The third-order valence-electron chi connectivity index (χ3n) is 13.8. The third-order valence-corrected chi connectivity index (χ3v) is 19.9. The van der Waals surface area contributed by atoms with Gasteiger partial charge in [0.1, 0.15) is 50.0 Å². The summed E-state index contributed by atoms with van der Waals surface area (Å²) in [5.74, 6) is -1.56. The summed E-state index contributed by atoms with van der Waals surface area (Å²) in [4.78, 5) is 103. The van der Waals surface area contributed by atoms with Crippen LogP contribution in [0.3, 0.4) is 0 Å². The van der Waals surface area contributed by atoms with E-state index < -0.39 is 135 Å². The fraction of sp³-hybridized carbons (Fsp3) is 0.605. The molecule has 0 aromatic carbocycles. The number of aliphatic hydroxyl groups is 3. The number of nitrogens with zero attached hydrogens (tertiary/aromatic N) is 11. The van der Waals surface area contributed by atoms with Crippen LogP contribution in [0.5, 0.6) is 0 Å². The van der Waals surface area contributed by atoms with Crippen LogP contribution in [0, 0.1) is 5.92 Å². The van der Waals surface area contributed by atoms with Gasteiger partial charge in [0.05, 0.1) is 70.6 Å². The molecule has 4 aliphatic heterocycles. The van der Waals surface area contributed by atoms with Crippen LogP contribution in [0.15, 0.2) is 34.9 Å². The Kier molecular flexibility index (Phi) is 16.6. The summed E-state index contributed by atoms with van der Waals surface area (Å²) < 4.78 is 113. The predicted octanol–water partition coefficient (Wildman–Crippen LogP) is -4.30. The molecular formula is C38H54N16O23P4. The van der Waals surface area contributed by atoms with Crippen LogP contribution in [0.1, 0.15) is 25.1 Å². The molecule has 10 heterocycles. The molecular weight excluding hydrogens is 1170 g/mol. The Morgan fingerprint density at radius 3 is 2.06 bits per heavy atom. The second-order valence-corrected chi connectivity index (χ2v) is 25.4. The van der Waals surface area contributed by atoms with Crippen molar-refractivity contribution in [3.8, 4) is 0 Å². The number of hydrogen-bond donors (Lipinski definition) is 11. The van der Waals surface area contributed by atoms with Gasteiger partial charge < -0.3 is 84.9 Å². The van der Waals surface area contributed by atoms with Crippen LogP contribution < -0.4 is 37.8 Å². The van der Waals surface area contributed by atoms with Crippen molar-refractivity contribution in [2.75, 3.05) is 77.0 Å². The highest BCUT2D eigenvalue weighted by Crippen LogP contribution is 2.68. The van der Waals surface area contributed by atoms with Crippen molar-refractivity contribution < 1.29 is 104 Å². The van der Waals surface area contributed by atoms with E-state index in [2.05, 4.69) is 48.5 Å². The number of phosphoric acid groups is 3. The number of aryl methyl sites for hydroxylation is 1. The summed E-state index contributed by atoms with van der Waals surface area (Å²) in [6, 6.07) is 0. The van der Waals surface area contributed by atoms with Gasteiger partial charge in [-0.2, -0.15) is 13.6 Å². The molecule has 16 atom stereocenters. The van der Waals surface area contributed by atoms with Gasteiger partial charge in [-0.1, -0.05) is 4.98 Å². The largest absolute Gasteiger partial charge is 0.778 e. The molecule has 6 aromatic rings. The van der Waals surface area contributed by atoms with Gasteiger partial charge in [0.2, 0.25) is 17.7 Å². The topological polar surface area (TPSA) is 548 Å². The maximum Gasteiger partial charge on any atom is 0.490 e. The lowest BCUT2D eigenvalue weighted by Crippen LogP contribution is -2.45. The molecule has 4 saturated heterocycles. The first-order chi connectivity index (χ1) is 38.2. The Bertz CT molecular complexity index is 3640. The summed E-state index contributed by atoms with van der Waals surface area (Å²) >= 11 is 0. The van der Waals surface area contributed by atoms with Gasteiger partial charge in [0.25, 0.3) is 17.1 Å². The van der Waals surface area contributed by atoms with Gasteiger partial charge in [-0.05, 0) is 13.0 Å². The SMILES string of the molecule is CO[C@@H]1[C@H](P(=O)([O-])OC[C@H]2O[C@@H](n3cnc4c(=O)[nH]c(N)nc43)[C@H](O)[C@@H]2O)[C@@H](COP(=O)(O)OP(=O)(O)OP(=O)(O)OC[C@H]2O[C@@H]([n+]3cn(C)c4c(=O)[nH]c(N)nc43)[C@H](O)[C@@H]2CCN2CCOCC2)O[C@H]1n1cnc2c(N)ncnc21. The van der Waals surface area contributed by atoms with Crippen LogP contribution in [-0.4, -0.2) is 197 Å². The molecule has 444 valence electrons. The molecule has 81 heavy (non-hydrogen) atoms. The molecule has 4 unspecified atom stereocenters. The molecule has 0 radical (unpaired) electrons. The molecule has 14 N–H and O–H groups in total. The van der Waals surface area contributed by atoms with Gasteiger partial charge in [-0.15, -0.1) is 0 Å². The minimum Gasteiger partial charge on any atom is -0.778 e. The average Bonchev–Trinajstić information content (AvgIpc) is 4.44. The number of fused-ring (bicyclic) bond motifs is 3. The van der Waals surface area contributed by atoms with Gasteiger partial charge in [0, 0.05) is 26.1 Å².